The minimum absolute atomic E-state index is 0.0463. The van der Waals surface area contributed by atoms with Gasteiger partial charge in [-0.3, -0.25) is 9.52 Å². The fraction of sp³-hybridized carbons (Fsp3) is 0. The molecule has 1 aromatic carbocycles. The van der Waals surface area contributed by atoms with Gasteiger partial charge >= 0.3 is 0 Å². The van der Waals surface area contributed by atoms with Gasteiger partial charge in [0.15, 0.2) is 0 Å². The number of nitrogens with zero attached hydrogens (tertiary/aromatic N) is 3. The smallest absolute Gasteiger partial charge is 0.280 e. The Morgan fingerprint density at radius 1 is 1.28 bits per heavy atom. The summed E-state index contributed by atoms with van der Waals surface area (Å²) in [6.07, 6.45) is 1.21. The SMILES string of the molecule is N#Cc1cnn(C(=O)c2ccc(NS(=O)(=O)c3cccs3)cc2)c1N. The first kappa shape index (κ1) is 16.7. The number of anilines is 2. The van der Waals surface area contributed by atoms with E-state index in [-0.39, 0.29) is 21.2 Å². The Kier molecular flexibility index (Phi) is 4.26. The number of nitriles is 1. The van der Waals surface area contributed by atoms with Crippen molar-refractivity contribution < 1.29 is 13.2 Å². The molecule has 3 rings (SSSR count). The van der Waals surface area contributed by atoms with Crippen LogP contribution in [0.15, 0.2) is 52.2 Å². The lowest BCUT2D eigenvalue weighted by atomic mass is 10.2. The molecule has 0 saturated heterocycles. The third-order valence-corrected chi connectivity index (χ3v) is 6.04. The van der Waals surface area contributed by atoms with Crippen LogP contribution in [0.25, 0.3) is 0 Å². The number of rotatable bonds is 4. The van der Waals surface area contributed by atoms with E-state index in [1.165, 1.54) is 36.5 Å². The number of nitrogen functional groups attached to an aromatic ring is 1. The van der Waals surface area contributed by atoms with Crippen LogP contribution in [0.5, 0.6) is 0 Å². The molecule has 3 N–H and O–H groups in total. The zero-order valence-electron chi connectivity index (χ0n) is 12.6. The van der Waals surface area contributed by atoms with Gasteiger partial charge in [-0.2, -0.15) is 15.0 Å². The summed E-state index contributed by atoms with van der Waals surface area (Å²) in [4.78, 5) is 12.4. The Labute approximate surface area is 147 Å². The van der Waals surface area contributed by atoms with Crippen molar-refractivity contribution in [2.75, 3.05) is 10.5 Å². The molecule has 0 unspecified atom stereocenters. The maximum absolute atomic E-state index is 12.4. The van der Waals surface area contributed by atoms with E-state index in [0.29, 0.717) is 5.69 Å². The topological polar surface area (TPSA) is 131 Å². The van der Waals surface area contributed by atoms with E-state index in [9.17, 15) is 13.2 Å². The number of hydrogen-bond donors (Lipinski definition) is 2. The van der Waals surface area contributed by atoms with Gasteiger partial charge in [-0.15, -0.1) is 11.3 Å². The van der Waals surface area contributed by atoms with Crippen molar-refractivity contribution in [3.63, 3.8) is 0 Å². The van der Waals surface area contributed by atoms with Crippen molar-refractivity contribution >= 4 is 38.8 Å². The normalized spacial score (nSPS) is 11.0. The van der Waals surface area contributed by atoms with Crippen LogP contribution in [0, 0.1) is 11.3 Å². The van der Waals surface area contributed by atoms with Crippen LogP contribution in [0.1, 0.15) is 15.9 Å². The van der Waals surface area contributed by atoms with Gasteiger partial charge in [0.2, 0.25) is 0 Å². The second kappa shape index (κ2) is 6.39. The number of hydrogen-bond acceptors (Lipinski definition) is 7. The minimum atomic E-state index is -3.65. The first-order chi connectivity index (χ1) is 11.9. The molecule has 0 aliphatic rings. The van der Waals surface area contributed by atoms with Gasteiger partial charge in [-0.05, 0) is 35.7 Å². The highest BCUT2D eigenvalue weighted by Crippen LogP contribution is 2.21. The molecule has 0 saturated carbocycles. The molecule has 0 aliphatic carbocycles. The van der Waals surface area contributed by atoms with Crippen LogP contribution in [-0.2, 0) is 10.0 Å². The number of carbonyl (C=O) groups is 1. The average Bonchev–Trinajstić information content (AvgIpc) is 3.24. The molecule has 0 aliphatic heterocycles. The molecule has 10 heteroatoms. The first-order valence-electron chi connectivity index (χ1n) is 6.87. The predicted octanol–water partition coefficient (Wildman–Crippen LogP) is 1.89. The summed E-state index contributed by atoms with van der Waals surface area (Å²) >= 11 is 1.10. The van der Waals surface area contributed by atoms with Gasteiger partial charge in [0.1, 0.15) is 21.7 Å². The highest BCUT2D eigenvalue weighted by molar-refractivity contribution is 7.94. The van der Waals surface area contributed by atoms with Crippen LogP contribution in [0.4, 0.5) is 11.5 Å². The summed E-state index contributed by atoms with van der Waals surface area (Å²) in [5.74, 6) is -0.568. The minimum Gasteiger partial charge on any atom is -0.382 e. The van der Waals surface area contributed by atoms with Gasteiger partial charge in [-0.25, -0.2) is 8.42 Å². The zero-order chi connectivity index (χ0) is 18.0. The van der Waals surface area contributed by atoms with E-state index >= 15 is 0 Å². The lowest BCUT2D eigenvalue weighted by Gasteiger charge is -2.07. The summed E-state index contributed by atoms with van der Waals surface area (Å²) in [7, 11) is -3.65. The Morgan fingerprint density at radius 3 is 2.56 bits per heavy atom. The summed E-state index contributed by atoms with van der Waals surface area (Å²) in [6, 6.07) is 10.8. The van der Waals surface area contributed by atoms with E-state index in [4.69, 9.17) is 11.0 Å². The van der Waals surface area contributed by atoms with E-state index in [0.717, 1.165) is 16.0 Å². The Hall–Kier alpha value is -3.16. The third-order valence-electron chi connectivity index (χ3n) is 3.26. The molecule has 0 atom stereocenters. The van der Waals surface area contributed by atoms with Gasteiger partial charge in [-0.1, -0.05) is 6.07 Å². The highest BCUT2D eigenvalue weighted by atomic mass is 32.2. The monoisotopic (exact) mass is 373 g/mol. The largest absolute Gasteiger partial charge is 0.382 e. The van der Waals surface area contributed by atoms with Gasteiger partial charge in [0.05, 0.1) is 6.20 Å². The van der Waals surface area contributed by atoms with Crippen molar-refractivity contribution in [1.82, 2.24) is 9.78 Å². The fourth-order valence-corrected chi connectivity index (χ4v) is 4.08. The maximum Gasteiger partial charge on any atom is 0.280 e. The second-order valence-electron chi connectivity index (χ2n) is 4.89. The second-order valence-corrected chi connectivity index (χ2v) is 7.74. The van der Waals surface area contributed by atoms with Crippen molar-refractivity contribution in [1.29, 1.82) is 5.26 Å². The van der Waals surface area contributed by atoms with Crippen molar-refractivity contribution in [3.05, 3.63) is 59.1 Å². The van der Waals surface area contributed by atoms with Gasteiger partial charge < -0.3 is 5.73 Å². The number of sulfonamides is 1. The van der Waals surface area contributed by atoms with Crippen molar-refractivity contribution in [3.8, 4) is 6.07 Å². The molecule has 0 radical (unpaired) electrons. The molecule has 8 nitrogen and oxygen atoms in total. The van der Waals surface area contributed by atoms with E-state index < -0.39 is 15.9 Å². The molecule has 0 fully saturated rings. The molecule has 2 aromatic heterocycles. The van der Waals surface area contributed by atoms with E-state index in [2.05, 4.69) is 9.82 Å². The van der Waals surface area contributed by atoms with Crippen LogP contribution >= 0.6 is 11.3 Å². The average molecular weight is 373 g/mol. The molecule has 126 valence electrons. The number of nitrogens with one attached hydrogen (secondary N) is 1. The molecule has 0 amide bonds. The Bertz CT molecular complexity index is 1060. The van der Waals surface area contributed by atoms with Gasteiger partial charge in [0.25, 0.3) is 15.9 Å². The number of thiophene rings is 1. The van der Waals surface area contributed by atoms with Crippen LogP contribution in [0.2, 0.25) is 0 Å². The first-order valence-corrected chi connectivity index (χ1v) is 9.23. The van der Waals surface area contributed by atoms with Crippen molar-refractivity contribution in [2.45, 2.75) is 4.21 Å². The van der Waals surface area contributed by atoms with E-state index in [1.807, 2.05) is 6.07 Å². The fourth-order valence-electron chi connectivity index (χ4n) is 2.03. The highest BCUT2D eigenvalue weighted by Gasteiger charge is 2.17. The maximum atomic E-state index is 12.4. The van der Waals surface area contributed by atoms with Crippen LogP contribution in [0.3, 0.4) is 0 Å². The molecule has 25 heavy (non-hydrogen) atoms. The zero-order valence-corrected chi connectivity index (χ0v) is 14.2. The number of nitrogens with two attached hydrogens (primary N) is 1. The molecule has 0 bridgehead atoms. The quantitative estimate of drug-likeness (QED) is 0.718. The third kappa shape index (κ3) is 3.23. The van der Waals surface area contributed by atoms with Crippen LogP contribution < -0.4 is 10.5 Å². The predicted molar refractivity (Wildman–Crippen MR) is 92.7 cm³/mol. The summed E-state index contributed by atoms with van der Waals surface area (Å²) < 4.78 is 27.9. The number of aromatic nitrogens is 2. The lowest BCUT2D eigenvalue weighted by Crippen LogP contribution is -2.16. The summed E-state index contributed by atoms with van der Waals surface area (Å²) in [5, 5.41) is 14.3. The Balaban J connectivity index is 1.82. The van der Waals surface area contributed by atoms with Gasteiger partial charge in [0, 0.05) is 11.3 Å². The summed E-state index contributed by atoms with van der Waals surface area (Å²) in [5.41, 5.74) is 6.36. The lowest BCUT2D eigenvalue weighted by molar-refractivity contribution is 0.0948. The molecule has 2 heterocycles. The molecule has 0 spiro atoms. The number of benzene rings is 1. The standard InChI is InChI=1S/C15H11N5O3S2/c16-8-11-9-18-20(14(11)17)15(21)10-3-5-12(6-4-10)19-25(22,23)13-2-1-7-24-13/h1-7,9,19H,17H2. The molecular formula is C15H11N5O3S2. The van der Waals surface area contributed by atoms with E-state index in [1.54, 1.807) is 11.4 Å². The summed E-state index contributed by atoms with van der Waals surface area (Å²) in [6.45, 7) is 0. The molecule has 3 aromatic rings. The molecular weight excluding hydrogens is 362 g/mol. The van der Waals surface area contributed by atoms with Crippen LogP contribution in [-0.4, -0.2) is 24.1 Å². The van der Waals surface area contributed by atoms with Crippen molar-refractivity contribution in [2.24, 2.45) is 0 Å². The number of carbonyl (C=O) groups excluding carboxylic acids is 1. The Morgan fingerprint density at radius 2 is 2.00 bits per heavy atom.